The molecule has 0 aromatic heterocycles. The maximum atomic E-state index is 12.9. The third-order valence-electron chi connectivity index (χ3n) is 1.56. The average molecular weight is 239 g/mol. The Morgan fingerprint density at radius 3 is 2.14 bits per heavy atom. The van der Waals surface area contributed by atoms with E-state index < -0.39 is 17.9 Å². The minimum Gasteiger partial charge on any atom is -0.479 e. The Morgan fingerprint density at radius 1 is 1.36 bits per heavy atom. The minimum absolute atomic E-state index is 0.0612. The van der Waals surface area contributed by atoms with E-state index in [2.05, 4.69) is 0 Å². The van der Waals surface area contributed by atoms with Gasteiger partial charge >= 0.3 is 5.97 Å². The molecule has 0 aliphatic rings. The molecule has 0 fully saturated rings. The van der Waals surface area contributed by atoms with Crippen LogP contribution in [0.25, 0.3) is 0 Å². The van der Waals surface area contributed by atoms with E-state index >= 15 is 0 Å². The van der Waals surface area contributed by atoms with Crippen LogP contribution in [-0.4, -0.2) is 16.2 Å². The number of carboxylic acid groups (broad SMARTS) is 1. The summed E-state index contributed by atoms with van der Waals surface area (Å²) >= 11 is 10.8. The molecule has 0 unspecified atom stereocenters. The highest BCUT2D eigenvalue weighted by Gasteiger charge is 2.18. The number of rotatable bonds is 2. The van der Waals surface area contributed by atoms with Gasteiger partial charge in [0.1, 0.15) is 0 Å². The Morgan fingerprint density at radius 2 is 1.79 bits per heavy atom. The molecule has 0 radical (unpaired) electrons. The number of hydrogen-bond donors (Lipinski definition) is 2. The molecule has 0 spiro atoms. The van der Waals surface area contributed by atoms with E-state index in [1.165, 1.54) is 0 Å². The summed E-state index contributed by atoms with van der Waals surface area (Å²) in [5, 5.41) is 16.9. The van der Waals surface area contributed by atoms with E-state index in [0.717, 1.165) is 12.1 Å². The second-order valence-corrected chi connectivity index (χ2v) is 3.35. The predicted octanol–water partition coefficient (Wildman–Crippen LogP) is 2.25. The number of aliphatic hydroxyl groups is 1. The summed E-state index contributed by atoms with van der Waals surface area (Å²) in [6, 6.07) is 2.03. The molecule has 0 saturated heterocycles. The van der Waals surface area contributed by atoms with Crippen LogP contribution in [0.1, 0.15) is 11.7 Å². The van der Waals surface area contributed by atoms with Gasteiger partial charge in [-0.2, -0.15) is 0 Å². The van der Waals surface area contributed by atoms with Crippen LogP contribution in [0.15, 0.2) is 12.1 Å². The van der Waals surface area contributed by atoms with Crippen molar-refractivity contribution in [1.82, 2.24) is 0 Å². The normalized spacial score (nSPS) is 12.6. The Labute approximate surface area is 88.7 Å². The quantitative estimate of drug-likeness (QED) is 0.778. The van der Waals surface area contributed by atoms with E-state index in [1.54, 1.807) is 0 Å². The van der Waals surface area contributed by atoms with Crippen LogP contribution in [-0.2, 0) is 4.79 Å². The Balaban J connectivity index is 3.19. The first kappa shape index (κ1) is 11.2. The summed E-state index contributed by atoms with van der Waals surface area (Å²) < 4.78 is 12.9. The molecule has 1 atom stereocenters. The predicted molar refractivity (Wildman–Crippen MR) is 49.0 cm³/mol. The molecule has 3 nitrogen and oxygen atoms in total. The molecule has 0 saturated carbocycles. The lowest BCUT2D eigenvalue weighted by Gasteiger charge is -2.07. The summed E-state index contributed by atoms with van der Waals surface area (Å²) in [5.41, 5.74) is -0.0612. The lowest BCUT2D eigenvalue weighted by molar-refractivity contribution is -0.146. The summed E-state index contributed by atoms with van der Waals surface area (Å²) in [5.74, 6) is -2.29. The molecule has 2 N–H and O–H groups in total. The SMILES string of the molecule is O=C(O)[C@H](O)c1cc(Cl)c(F)c(Cl)c1. The van der Waals surface area contributed by atoms with Crippen molar-refractivity contribution in [2.75, 3.05) is 0 Å². The largest absolute Gasteiger partial charge is 0.479 e. The highest BCUT2D eigenvalue weighted by atomic mass is 35.5. The zero-order valence-corrected chi connectivity index (χ0v) is 8.18. The van der Waals surface area contributed by atoms with Crippen molar-refractivity contribution < 1.29 is 19.4 Å². The second kappa shape index (κ2) is 4.13. The zero-order valence-electron chi connectivity index (χ0n) is 6.67. The van der Waals surface area contributed by atoms with Gasteiger partial charge < -0.3 is 10.2 Å². The average Bonchev–Trinajstić information content (AvgIpc) is 2.12. The summed E-state index contributed by atoms with van der Waals surface area (Å²) in [6.45, 7) is 0. The molecule has 0 aliphatic heterocycles. The number of benzene rings is 1. The third-order valence-corrected chi connectivity index (χ3v) is 2.11. The van der Waals surface area contributed by atoms with Gasteiger partial charge in [-0.15, -0.1) is 0 Å². The van der Waals surface area contributed by atoms with E-state index in [-0.39, 0.29) is 15.6 Å². The van der Waals surface area contributed by atoms with Crippen molar-refractivity contribution in [2.24, 2.45) is 0 Å². The lowest BCUT2D eigenvalue weighted by atomic mass is 10.1. The molecule has 1 aromatic carbocycles. The lowest BCUT2D eigenvalue weighted by Crippen LogP contribution is -2.10. The molecule has 1 aromatic rings. The fraction of sp³-hybridized carbons (Fsp3) is 0.125. The van der Waals surface area contributed by atoms with Crippen molar-refractivity contribution in [1.29, 1.82) is 0 Å². The molecule has 1 rings (SSSR count). The fourth-order valence-electron chi connectivity index (χ4n) is 0.876. The zero-order chi connectivity index (χ0) is 10.9. The smallest absolute Gasteiger partial charge is 0.337 e. The van der Waals surface area contributed by atoms with E-state index in [0.29, 0.717) is 0 Å². The molecule has 0 heterocycles. The molecule has 0 amide bonds. The van der Waals surface area contributed by atoms with Crippen molar-refractivity contribution in [3.8, 4) is 0 Å². The van der Waals surface area contributed by atoms with Gasteiger partial charge in [0.25, 0.3) is 0 Å². The summed E-state index contributed by atoms with van der Waals surface area (Å²) in [6.07, 6.45) is -1.76. The van der Waals surface area contributed by atoms with Crippen LogP contribution < -0.4 is 0 Å². The molecule has 14 heavy (non-hydrogen) atoms. The van der Waals surface area contributed by atoms with Gasteiger partial charge in [0.2, 0.25) is 0 Å². The molecule has 0 bridgehead atoms. The molecule has 6 heteroatoms. The highest BCUT2D eigenvalue weighted by molar-refractivity contribution is 6.35. The van der Waals surface area contributed by atoms with Crippen LogP contribution in [0, 0.1) is 5.82 Å². The third kappa shape index (κ3) is 2.15. The molecular formula is C8H5Cl2FO3. The fourth-order valence-corrected chi connectivity index (χ4v) is 1.38. The minimum atomic E-state index is -1.76. The molecular weight excluding hydrogens is 234 g/mol. The maximum Gasteiger partial charge on any atom is 0.337 e. The van der Waals surface area contributed by atoms with Crippen molar-refractivity contribution in [2.45, 2.75) is 6.10 Å². The topological polar surface area (TPSA) is 57.5 Å². The first-order chi connectivity index (χ1) is 6.43. The van der Waals surface area contributed by atoms with Crippen molar-refractivity contribution in [3.63, 3.8) is 0 Å². The number of aliphatic hydroxyl groups excluding tert-OH is 1. The van der Waals surface area contributed by atoms with E-state index in [1.807, 2.05) is 0 Å². The monoisotopic (exact) mass is 238 g/mol. The van der Waals surface area contributed by atoms with Crippen LogP contribution in [0.5, 0.6) is 0 Å². The number of carbonyl (C=O) groups is 1. The van der Waals surface area contributed by atoms with Crippen LogP contribution in [0.3, 0.4) is 0 Å². The number of halogens is 3. The van der Waals surface area contributed by atoms with Gasteiger partial charge in [-0.25, -0.2) is 9.18 Å². The Bertz CT molecular complexity index is 358. The molecule has 76 valence electrons. The van der Waals surface area contributed by atoms with Gasteiger partial charge in [0.15, 0.2) is 11.9 Å². The Hall–Kier alpha value is -0.840. The summed E-state index contributed by atoms with van der Waals surface area (Å²) in [7, 11) is 0. The molecule has 0 aliphatic carbocycles. The number of aliphatic carboxylic acids is 1. The maximum absolute atomic E-state index is 12.9. The second-order valence-electron chi connectivity index (χ2n) is 2.54. The summed E-state index contributed by atoms with van der Waals surface area (Å²) in [4.78, 5) is 10.4. The number of hydrogen-bond acceptors (Lipinski definition) is 2. The van der Waals surface area contributed by atoms with Gasteiger partial charge in [-0.05, 0) is 17.7 Å². The van der Waals surface area contributed by atoms with Crippen molar-refractivity contribution in [3.05, 3.63) is 33.6 Å². The van der Waals surface area contributed by atoms with Gasteiger partial charge in [-0.1, -0.05) is 23.2 Å². The Kier molecular flexibility index (Phi) is 3.31. The number of carboxylic acids is 1. The van der Waals surface area contributed by atoms with Gasteiger partial charge in [0.05, 0.1) is 10.0 Å². The van der Waals surface area contributed by atoms with Crippen molar-refractivity contribution >= 4 is 29.2 Å². The first-order valence-corrected chi connectivity index (χ1v) is 4.24. The van der Waals surface area contributed by atoms with Gasteiger partial charge in [0, 0.05) is 0 Å². The van der Waals surface area contributed by atoms with Crippen LogP contribution in [0.2, 0.25) is 10.0 Å². The highest BCUT2D eigenvalue weighted by Crippen LogP contribution is 2.27. The van der Waals surface area contributed by atoms with Crippen LogP contribution in [0.4, 0.5) is 4.39 Å². The van der Waals surface area contributed by atoms with E-state index in [4.69, 9.17) is 33.4 Å². The van der Waals surface area contributed by atoms with Gasteiger partial charge in [-0.3, -0.25) is 0 Å². The standard InChI is InChI=1S/C8H5Cl2FO3/c9-4-1-3(7(12)8(13)14)2-5(10)6(4)11/h1-2,7,12H,(H,13,14)/t7-/m1/s1. The van der Waals surface area contributed by atoms with Crippen LogP contribution >= 0.6 is 23.2 Å². The van der Waals surface area contributed by atoms with E-state index in [9.17, 15) is 9.18 Å². The first-order valence-electron chi connectivity index (χ1n) is 3.48.